The molecule has 1 aliphatic heterocycles. The molecule has 4 heteroatoms. The molecule has 4 rings (SSSR count). The van der Waals surface area contributed by atoms with Gasteiger partial charge in [0.15, 0.2) is 0 Å². The Kier molecular flexibility index (Phi) is 3.46. The van der Waals surface area contributed by atoms with E-state index < -0.39 is 6.04 Å². The number of nitrogens with one attached hydrogen (secondary N) is 1. The summed E-state index contributed by atoms with van der Waals surface area (Å²) in [5.74, 6) is -0.272. The molecule has 1 atom stereocenters. The van der Waals surface area contributed by atoms with Gasteiger partial charge in [-0.15, -0.1) is 0 Å². The van der Waals surface area contributed by atoms with Crippen LogP contribution < -0.4 is 10.2 Å². The lowest BCUT2D eigenvalue weighted by Crippen LogP contribution is -2.44. The number of hydrogen-bond acceptors (Lipinski definition) is 3. The molecule has 1 unspecified atom stereocenters. The third kappa shape index (κ3) is 2.55. The maximum absolute atomic E-state index is 12.6. The first kappa shape index (κ1) is 14.2. The molecule has 0 bridgehead atoms. The highest BCUT2D eigenvalue weighted by molar-refractivity contribution is 6.22. The zero-order valence-electron chi connectivity index (χ0n) is 12.7. The van der Waals surface area contributed by atoms with Crippen molar-refractivity contribution in [2.45, 2.75) is 31.3 Å². The lowest BCUT2D eigenvalue weighted by atomic mass is 10.1. The van der Waals surface area contributed by atoms with Gasteiger partial charge in [0.2, 0.25) is 5.91 Å². The number of carbonyl (C=O) groups excluding carboxylic acids is 2. The summed E-state index contributed by atoms with van der Waals surface area (Å²) in [5, 5.41) is 3.39. The number of para-hydroxylation sites is 1. The Balaban J connectivity index is 1.48. The molecule has 0 radical (unpaired) electrons. The van der Waals surface area contributed by atoms with E-state index >= 15 is 0 Å². The van der Waals surface area contributed by atoms with Gasteiger partial charge in [-0.05, 0) is 36.1 Å². The van der Waals surface area contributed by atoms with Crippen LogP contribution in [0.5, 0.6) is 0 Å². The molecule has 2 aliphatic rings. The largest absolute Gasteiger partial charge is 0.302 e. The number of nitrogens with zero attached hydrogens (tertiary/aromatic N) is 1. The van der Waals surface area contributed by atoms with Crippen LogP contribution in [0.4, 0.5) is 5.69 Å². The van der Waals surface area contributed by atoms with Crippen molar-refractivity contribution < 1.29 is 9.59 Å². The normalized spacial score (nSPS) is 21.0. The summed E-state index contributed by atoms with van der Waals surface area (Å²) < 4.78 is 0. The Morgan fingerprint density at radius 1 is 0.826 bits per heavy atom. The molecule has 1 saturated heterocycles. The van der Waals surface area contributed by atoms with Crippen LogP contribution in [0.25, 0.3) is 0 Å². The van der Waals surface area contributed by atoms with E-state index in [4.69, 9.17) is 0 Å². The van der Waals surface area contributed by atoms with Crippen LogP contribution in [0.2, 0.25) is 0 Å². The minimum Gasteiger partial charge on any atom is -0.302 e. The number of imide groups is 1. The summed E-state index contributed by atoms with van der Waals surface area (Å²) in [6.45, 7) is 0. The summed E-state index contributed by atoms with van der Waals surface area (Å²) in [5.41, 5.74) is 3.32. The van der Waals surface area contributed by atoms with Gasteiger partial charge in [0.1, 0.15) is 0 Å². The SMILES string of the molecule is O=C1CC(NC2Cc3ccccc3C2)C(=O)N1c1ccccc1. The van der Waals surface area contributed by atoms with Crippen molar-refractivity contribution >= 4 is 17.5 Å². The van der Waals surface area contributed by atoms with Crippen molar-refractivity contribution in [3.05, 3.63) is 65.7 Å². The van der Waals surface area contributed by atoms with E-state index in [9.17, 15) is 9.59 Å². The molecule has 0 spiro atoms. The summed E-state index contributed by atoms with van der Waals surface area (Å²) in [7, 11) is 0. The van der Waals surface area contributed by atoms with Crippen LogP contribution in [0.3, 0.4) is 0 Å². The predicted molar refractivity (Wildman–Crippen MR) is 88.1 cm³/mol. The zero-order chi connectivity index (χ0) is 15.8. The molecule has 0 aromatic heterocycles. The first-order valence-electron chi connectivity index (χ1n) is 7.97. The van der Waals surface area contributed by atoms with Crippen LogP contribution in [-0.2, 0) is 22.4 Å². The molecule has 2 amide bonds. The summed E-state index contributed by atoms with van der Waals surface area (Å²) in [6, 6.07) is 17.3. The fourth-order valence-electron chi connectivity index (χ4n) is 3.57. The van der Waals surface area contributed by atoms with E-state index in [2.05, 4.69) is 17.4 Å². The fourth-order valence-corrected chi connectivity index (χ4v) is 3.57. The van der Waals surface area contributed by atoms with Gasteiger partial charge < -0.3 is 5.32 Å². The van der Waals surface area contributed by atoms with Gasteiger partial charge in [0, 0.05) is 6.04 Å². The van der Waals surface area contributed by atoms with Gasteiger partial charge in [-0.3, -0.25) is 9.59 Å². The Bertz CT molecular complexity index is 732. The highest BCUT2D eigenvalue weighted by Crippen LogP contribution is 2.26. The minimum absolute atomic E-state index is 0.130. The molecule has 116 valence electrons. The topological polar surface area (TPSA) is 49.4 Å². The number of amides is 2. The van der Waals surface area contributed by atoms with E-state index in [1.165, 1.54) is 16.0 Å². The first-order valence-corrected chi connectivity index (χ1v) is 7.97. The van der Waals surface area contributed by atoms with Crippen molar-refractivity contribution in [1.82, 2.24) is 5.32 Å². The molecule has 2 aromatic carbocycles. The molecule has 23 heavy (non-hydrogen) atoms. The smallest absolute Gasteiger partial charge is 0.251 e. The van der Waals surface area contributed by atoms with Crippen molar-refractivity contribution in [2.24, 2.45) is 0 Å². The zero-order valence-corrected chi connectivity index (χ0v) is 12.7. The first-order chi connectivity index (χ1) is 11.2. The fraction of sp³-hybridized carbons (Fsp3) is 0.263. The van der Waals surface area contributed by atoms with Gasteiger partial charge in [0.25, 0.3) is 5.91 Å². The predicted octanol–water partition coefficient (Wildman–Crippen LogP) is 2.08. The Hall–Kier alpha value is -2.46. The second-order valence-corrected chi connectivity index (χ2v) is 6.20. The Morgan fingerprint density at radius 3 is 2.09 bits per heavy atom. The molecular formula is C19H18N2O2. The maximum atomic E-state index is 12.6. The average molecular weight is 306 g/mol. The molecule has 1 N–H and O–H groups in total. The van der Waals surface area contributed by atoms with Crippen LogP contribution in [0, 0.1) is 0 Å². The second-order valence-electron chi connectivity index (χ2n) is 6.20. The lowest BCUT2D eigenvalue weighted by molar-refractivity contribution is -0.121. The minimum atomic E-state index is -0.415. The summed E-state index contributed by atoms with van der Waals surface area (Å²) >= 11 is 0. The van der Waals surface area contributed by atoms with Crippen LogP contribution in [-0.4, -0.2) is 23.9 Å². The van der Waals surface area contributed by atoms with Gasteiger partial charge in [-0.2, -0.15) is 0 Å². The van der Waals surface area contributed by atoms with Gasteiger partial charge >= 0.3 is 0 Å². The third-order valence-corrected chi connectivity index (χ3v) is 4.65. The van der Waals surface area contributed by atoms with E-state index in [-0.39, 0.29) is 24.3 Å². The second kappa shape index (κ2) is 5.63. The molecule has 2 aromatic rings. The molecule has 1 heterocycles. The van der Waals surface area contributed by atoms with Crippen LogP contribution >= 0.6 is 0 Å². The quantitative estimate of drug-likeness (QED) is 0.883. The van der Waals surface area contributed by atoms with Crippen LogP contribution in [0.1, 0.15) is 17.5 Å². The van der Waals surface area contributed by atoms with Gasteiger partial charge in [0.05, 0.1) is 18.2 Å². The number of fused-ring (bicyclic) bond motifs is 1. The van der Waals surface area contributed by atoms with E-state index in [0.29, 0.717) is 5.69 Å². The number of hydrogen-bond donors (Lipinski definition) is 1. The Morgan fingerprint density at radius 2 is 1.43 bits per heavy atom. The molecule has 1 fully saturated rings. The Labute approximate surface area is 135 Å². The molecule has 1 aliphatic carbocycles. The number of benzene rings is 2. The van der Waals surface area contributed by atoms with Crippen molar-refractivity contribution in [2.75, 3.05) is 4.90 Å². The highest BCUT2D eigenvalue weighted by atomic mass is 16.2. The highest BCUT2D eigenvalue weighted by Gasteiger charge is 2.40. The van der Waals surface area contributed by atoms with Crippen LogP contribution in [0.15, 0.2) is 54.6 Å². The average Bonchev–Trinajstić information content (AvgIpc) is 3.09. The van der Waals surface area contributed by atoms with Crippen molar-refractivity contribution in [1.29, 1.82) is 0 Å². The lowest BCUT2D eigenvalue weighted by Gasteiger charge is -2.18. The molecule has 0 saturated carbocycles. The van der Waals surface area contributed by atoms with Gasteiger partial charge in [-0.25, -0.2) is 4.90 Å². The maximum Gasteiger partial charge on any atom is 0.251 e. The van der Waals surface area contributed by atoms with E-state index in [0.717, 1.165) is 12.8 Å². The number of anilines is 1. The molecular weight excluding hydrogens is 288 g/mol. The van der Waals surface area contributed by atoms with Crippen molar-refractivity contribution in [3.8, 4) is 0 Å². The summed E-state index contributed by atoms with van der Waals surface area (Å²) in [4.78, 5) is 26.2. The van der Waals surface area contributed by atoms with Crippen molar-refractivity contribution in [3.63, 3.8) is 0 Å². The molecule has 4 nitrogen and oxygen atoms in total. The third-order valence-electron chi connectivity index (χ3n) is 4.65. The number of rotatable bonds is 3. The number of carbonyl (C=O) groups is 2. The monoisotopic (exact) mass is 306 g/mol. The van der Waals surface area contributed by atoms with E-state index in [1.54, 1.807) is 12.1 Å². The van der Waals surface area contributed by atoms with Gasteiger partial charge in [-0.1, -0.05) is 42.5 Å². The summed E-state index contributed by atoms with van der Waals surface area (Å²) in [6.07, 6.45) is 2.07. The standard InChI is InChI=1S/C19H18N2O2/c22-18-12-17(19(23)21(18)16-8-2-1-3-9-16)20-15-10-13-6-4-5-7-14(13)11-15/h1-9,15,17,20H,10-12H2. The van der Waals surface area contributed by atoms with E-state index in [1.807, 2.05) is 30.3 Å².